The first kappa shape index (κ1) is 15.1. The molecule has 0 saturated heterocycles. The smallest absolute Gasteiger partial charge is 0.228 e. The molecular weight excluding hydrogens is 246 g/mol. The highest BCUT2D eigenvalue weighted by molar-refractivity contribution is 7.09. The molecule has 0 spiro atoms. The quantitative estimate of drug-likeness (QED) is 0.906. The lowest BCUT2D eigenvalue weighted by Gasteiger charge is -2.23. The third kappa shape index (κ3) is 3.78. The van der Waals surface area contributed by atoms with E-state index in [-0.39, 0.29) is 17.4 Å². The summed E-state index contributed by atoms with van der Waals surface area (Å²) in [5.41, 5.74) is 6.45. The van der Waals surface area contributed by atoms with E-state index in [1.807, 2.05) is 12.3 Å². The van der Waals surface area contributed by atoms with Gasteiger partial charge in [-0.05, 0) is 6.92 Å². The summed E-state index contributed by atoms with van der Waals surface area (Å²) in [5, 5.41) is 3.04. The zero-order valence-electron chi connectivity index (χ0n) is 11.9. The van der Waals surface area contributed by atoms with E-state index in [1.54, 1.807) is 23.3 Å². The first-order valence-corrected chi connectivity index (χ1v) is 7.04. The van der Waals surface area contributed by atoms with E-state index < -0.39 is 0 Å². The van der Waals surface area contributed by atoms with Gasteiger partial charge in [-0.1, -0.05) is 20.8 Å². The minimum absolute atomic E-state index is 0.0441. The normalized spacial score (nSPS) is 13.4. The number of hydrogen-bond acceptors (Lipinski definition) is 4. The van der Waals surface area contributed by atoms with Crippen LogP contribution in [0.2, 0.25) is 0 Å². The number of nitrogens with zero attached hydrogens (tertiary/aromatic N) is 2. The Morgan fingerprint density at radius 3 is 2.61 bits per heavy atom. The summed E-state index contributed by atoms with van der Waals surface area (Å²) in [5.74, 6) is 0.0682. The summed E-state index contributed by atoms with van der Waals surface area (Å²) in [6.45, 7) is 8.80. The molecule has 1 aromatic rings. The van der Waals surface area contributed by atoms with Crippen LogP contribution in [0.1, 0.15) is 38.4 Å². The number of likely N-dealkylation sites (N-methyl/N-ethyl adjacent to an activating group) is 1. The molecule has 18 heavy (non-hydrogen) atoms. The lowest BCUT2D eigenvalue weighted by molar-refractivity contribution is -0.130. The highest BCUT2D eigenvalue weighted by Crippen LogP contribution is 2.25. The number of carbonyl (C=O) groups is 1. The van der Waals surface area contributed by atoms with Crippen molar-refractivity contribution in [2.45, 2.75) is 45.6 Å². The number of thiazole rings is 1. The topological polar surface area (TPSA) is 59.2 Å². The van der Waals surface area contributed by atoms with Gasteiger partial charge in [0.2, 0.25) is 5.91 Å². The van der Waals surface area contributed by atoms with Gasteiger partial charge in [-0.2, -0.15) is 0 Å². The van der Waals surface area contributed by atoms with Crippen molar-refractivity contribution >= 4 is 17.2 Å². The van der Waals surface area contributed by atoms with Crippen LogP contribution in [0.15, 0.2) is 5.38 Å². The molecule has 0 aromatic carbocycles. The molecule has 0 fully saturated rings. The second-order valence-electron chi connectivity index (χ2n) is 5.66. The van der Waals surface area contributed by atoms with Crippen LogP contribution < -0.4 is 5.73 Å². The Kier molecular flexibility index (Phi) is 4.87. The number of aromatic nitrogens is 1. The Morgan fingerprint density at radius 1 is 1.56 bits per heavy atom. The first-order chi connectivity index (χ1) is 8.25. The van der Waals surface area contributed by atoms with Crippen molar-refractivity contribution in [3.05, 3.63) is 16.1 Å². The summed E-state index contributed by atoms with van der Waals surface area (Å²) in [6.07, 6.45) is 0.355. The molecule has 1 amide bonds. The van der Waals surface area contributed by atoms with Crippen molar-refractivity contribution in [1.29, 1.82) is 0 Å². The van der Waals surface area contributed by atoms with Gasteiger partial charge in [0.05, 0.1) is 17.1 Å². The molecule has 5 heteroatoms. The third-order valence-electron chi connectivity index (χ3n) is 2.92. The van der Waals surface area contributed by atoms with Crippen molar-refractivity contribution in [3.8, 4) is 0 Å². The molecule has 2 N–H and O–H groups in total. The van der Waals surface area contributed by atoms with E-state index in [2.05, 4.69) is 25.8 Å². The predicted molar refractivity (Wildman–Crippen MR) is 75.8 cm³/mol. The first-order valence-electron chi connectivity index (χ1n) is 6.16. The van der Waals surface area contributed by atoms with Crippen LogP contribution >= 0.6 is 11.3 Å². The van der Waals surface area contributed by atoms with Crippen LogP contribution in [0.25, 0.3) is 0 Å². The lowest BCUT2D eigenvalue weighted by Crippen LogP contribution is -2.40. The largest absolute Gasteiger partial charge is 0.341 e. The van der Waals surface area contributed by atoms with Crippen molar-refractivity contribution in [2.24, 2.45) is 5.73 Å². The van der Waals surface area contributed by atoms with Gasteiger partial charge in [0.25, 0.3) is 0 Å². The number of hydrogen-bond donors (Lipinski definition) is 1. The highest BCUT2D eigenvalue weighted by atomic mass is 32.1. The summed E-state index contributed by atoms with van der Waals surface area (Å²) < 4.78 is 0. The number of nitrogens with two attached hydrogens (primary N) is 1. The molecule has 0 radical (unpaired) electrons. The SMILES string of the molecule is CC(CN)N(C)C(=O)Cc1csc(C(C)(C)C)n1. The molecule has 0 bridgehead atoms. The van der Waals surface area contributed by atoms with Gasteiger partial charge in [0, 0.05) is 30.4 Å². The molecule has 0 aliphatic heterocycles. The lowest BCUT2D eigenvalue weighted by atomic mass is 9.98. The fourth-order valence-electron chi connectivity index (χ4n) is 1.42. The molecule has 1 heterocycles. The second kappa shape index (κ2) is 5.80. The fraction of sp³-hybridized carbons (Fsp3) is 0.692. The van der Waals surface area contributed by atoms with E-state index in [0.717, 1.165) is 10.7 Å². The van der Waals surface area contributed by atoms with E-state index >= 15 is 0 Å². The van der Waals surface area contributed by atoms with Gasteiger partial charge in [-0.15, -0.1) is 11.3 Å². The van der Waals surface area contributed by atoms with Gasteiger partial charge in [-0.25, -0.2) is 4.98 Å². The van der Waals surface area contributed by atoms with E-state index in [4.69, 9.17) is 5.73 Å². The summed E-state index contributed by atoms with van der Waals surface area (Å²) in [6, 6.07) is 0.0678. The molecular formula is C13H23N3OS. The molecule has 102 valence electrons. The van der Waals surface area contributed by atoms with Gasteiger partial charge in [-0.3, -0.25) is 4.79 Å². The third-order valence-corrected chi connectivity index (χ3v) is 4.24. The molecule has 0 aliphatic rings. The van der Waals surface area contributed by atoms with E-state index in [9.17, 15) is 4.79 Å². The van der Waals surface area contributed by atoms with Gasteiger partial charge in [0.1, 0.15) is 0 Å². The predicted octanol–water partition coefficient (Wildman–Crippen LogP) is 1.79. The Balaban J connectivity index is 2.68. The zero-order chi connectivity index (χ0) is 13.9. The maximum atomic E-state index is 12.0. The Bertz CT molecular complexity index is 409. The van der Waals surface area contributed by atoms with Crippen molar-refractivity contribution in [1.82, 2.24) is 9.88 Å². The van der Waals surface area contributed by atoms with Crippen molar-refractivity contribution in [3.63, 3.8) is 0 Å². The standard InChI is InChI=1S/C13H23N3OS/c1-9(7-14)16(5)11(17)6-10-8-18-12(15-10)13(2,3)4/h8-9H,6-7,14H2,1-5H3. The monoisotopic (exact) mass is 269 g/mol. The average Bonchev–Trinajstić information content (AvgIpc) is 2.75. The van der Waals surface area contributed by atoms with Crippen LogP contribution in [0.5, 0.6) is 0 Å². The van der Waals surface area contributed by atoms with Crippen LogP contribution in [-0.4, -0.2) is 35.4 Å². The summed E-state index contributed by atoms with van der Waals surface area (Å²) >= 11 is 1.62. The van der Waals surface area contributed by atoms with Crippen molar-refractivity contribution < 1.29 is 4.79 Å². The minimum Gasteiger partial charge on any atom is -0.341 e. The molecule has 0 saturated carbocycles. The van der Waals surface area contributed by atoms with E-state index in [1.165, 1.54) is 0 Å². The van der Waals surface area contributed by atoms with Crippen LogP contribution in [0, 0.1) is 0 Å². The van der Waals surface area contributed by atoms with Crippen molar-refractivity contribution in [2.75, 3.05) is 13.6 Å². The maximum absolute atomic E-state index is 12.0. The van der Waals surface area contributed by atoms with Gasteiger partial charge < -0.3 is 10.6 Å². The maximum Gasteiger partial charge on any atom is 0.228 e. The van der Waals surface area contributed by atoms with Crippen LogP contribution in [-0.2, 0) is 16.6 Å². The van der Waals surface area contributed by atoms with Gasteiger partial charge >= 0.3 is 0 Å². The molecule has 1 unspecified atom stereocenters. The fourth-order valence-corrected chi connectivity index (χ4v) is 2.32. The number of rotatable bonds is 4. The zero-order valence-corrected chi connectivity index (χ0v) is 12.7. The molecule has 4 nitrogen and oxygen atoms in total. The van der Waals surface area contributed by atoms with Crippen LogP contribution in [0.3, 0.4) is 0 Å². The van der Waals surface area contributed by atoms with Crippen LogP contribution in [0.4, 0.5) is 0 Å². The molecule has 1 rings (SSSR count). The Hall–Kier alpha value is -0.940. The summed E-state index contributed by atoms with van der Waals surface area (Å²) in [4.78, 5) is 18.2. The average molecular weight is 269 g/mol. The molecule has 1 atom stereocenters. The number of amides is 1. The molecule has 1 aromatic heterocycles. The Labute approximate surface area is 113 Å². The summed E-state index contributed by atoms with van der Waals surface area (Å²) in [7, 11) is 1.79. The van der Waals surface area contributed by atoms with E-state index in [0.29, 0.717) is 13.0 Å². The number of carbonyl (C=O) groups excluding carboxylic acids is 1. The second-order valence-corrected chi connectivity index (χ2v) is 6.52. The minimum atomic E-state index is 0.0441. The molecule has 0 aliphatic carbocycles. The highest BCUT2D eigenvalue weighted by Gasteiger charge is 2.20. The van der Waals surface area contributed by atoms with Gasteiger partial charge in [0.15, 0.2) is 0 Å². The Morgan fingerprint density at radius 2 is 2.17 bits per heavy atom.